The second kappa shape index (κ2) is 8.33. The van der Waals surface area contributed by atoms with Crippen LogP contribution in [0.2, 0.25) is 0 Å². The van der Waals surface area contributed by atoms with Gasteiger partial charge in [-0.15, -0.1) is 0 Å². The lowest BCUT2D eigenvalue weighted by Crippen LogP contribution is -2.32. The fourth-order valence-corrected chi connectivity index (χ4v) is 4.82. The van der Waals surface area contributed by atoms with Gasteiger partial charge in [-0.2, -0.15) is 13.2 Å². The summed E-state index contributed by atoms with van der Waals surface area (Å²) in [6.07, 6.45) is 5.94. The number of anilines is 3. The number of aromatic nitrogens is 1. The summed E-state index contributed by atoms with van der Waals surface area (Å²) in [6, 6.07) is 18.8. The van der Waals surface area contributed by atoms with Crippen LogP contribution in [-0.4, -0.2) is 34.1 Å². The number of thioether (sulfide) groups is 1. The highest BCUT2D eigenvalue weighted by atomic mass is 32.2. The molecule has 2 aliphatic rings. The van der Waals surface area contributed by atoms with Gasteiger partial charge < -0.3 is 10.2 Å². The van der Waals surface area contributed by atoms with Crippen LogP contribution >= 0.6 is 11.8 Å². The number of nitrogens with one attached hydrogen (secondary N) is 1. The number of halogens is 3. The number of hydrogen-bond donors (Lipinski definition) is 1. The smallest absolute Gasteiger partial charge is 0.357 e. The van der Waals surface area contributed by atoms with Crippen molar-refractivity contribution >= 4 is 28.8 Å². The quantitative estimate of drug-likeness (QED) is 0.443. The van der Waals surface area contributed by atoms with Gasteiger partial charge >= 0.3 is 5.51 Å². The molecule has 4 nitrogen and oxygen atoms in total. The van der Waals surface area contributed by atoms with Crippen LogP contribution in [0.25, 0.3) is 0 Å². The second-order valence-electron chi connectivity index (χ2n) is 8.33. The molecule has 0 atom stereocenters. The molecule has 32 heavy (non-hydrogen) atoms. The Morgan fingerprint density at radius 3 is 2.44 bits per heavy atom. The number of rotatable bonds is 6. The third-order valence-electron chi connectivity index (χ3n) is 6.09. The summed E-state index contributed by atoms with van der Waals surface area (Å²) in [6.45, 7) is 2.43. The number of para-hydroxylation sites is 1. The van der Waals surface area contributed by atoms with Crippen LogP contribution in [0.4, 0.5) is 30.2 Å². The zero-order valence-corrected chi connectivity index (χ0v) is 18.2. The van der Waals surface area contributed by atoms with Gasteiger partial charge in [0.05, 0.1) is 18.6 Å². The van der Waals surface area contributed by atoms with Gasteiger partial charge in [0.1, 0.15) is 0 Å². The molecule has 2 fully saturated rings. The molecule has 0 unspecified atom stereocenters. The van der Waals surface area contributed by atoms with Gasteiger partial charge in [0.15, 0.2) is 0 Å². The Bertz CT molecular complexity index is 1070. The predicted octanol–water partition coefficient (Wildman–Crippen LogP) is 6.25. The minimum Gasteiger partial charge on any atom is -0.357 e. The molecule has 1 N–H and O–H groups in total. The molecule has 1 saturated heterocycles. The lowest BCUT2D eigenvalue weighted by molar-refractivity contribution is -0.0328. The second-order valence-corrected chi connectivity index (χ2v) is 9.47. The lowest BCUT2D eigenvalue weighted by Gasteiger charge is -2.24. The first-order chi connectivity index (χ1) is 15.4. The summed E-state index contributed by atoms with van der Waals surface area (Å²) in [7, 11) is 0. The van der Waals surface area contributed by atoms with E-state index in [0.29, 0.717) is 0 Å². The average molecular weight is 457 g/mol. The average Bonchev–Trinajstić information content (AvgIpc) is 3.46. The molecule has 0 bridgehead atoms. The molecule has 2 heterocycles. The zero-order valence-electron chi connectivity index (χ0n) is 17.3. The van der Waals surface area contributed by atoms with Crippen molar-refractivity contribution in [3.63, 3.8) is 0 Å². The summed E-state index contributed by atoms with van der Waals surface area (Å²) in [5, 5.41) is 3.46. The van der Waals surface area contributed by atoms with E-state index >= 15 is 0 Å². The number of alkyl halides is 3. The maximum absolute atomic E-state index is 12.6. The van der Waals surface area contributed by atoms with Crippen molar-refractivity contribution in [2.75, 3.05) is 23.4 Å². The van der Waals surface area contributed by atoms with E-state index in [1.165, 1.54) is 5.56 Å². The third kappa shape index (κ3) is 4.71. The van der Waals surface area contributed by atoms with Crippen molar-refractivity contribution in [3.8, 4) is 0 Å². The minimum absolute atomic E-state index is 0.0731. The fourth-order valence-electron chi connectivity index (χ4n) is 4.29. The standard InChI is InChI=1S/C24H23F3N4S/c25-24(26,27)32-21-8-6-20(7-9-21)30-16-23(11-12-23)31(17-30)15-18-10-13-28-14-22(18)29-19-4-2-1-3-5-19/h1-10,13-14,29H,11-12,15-17H2. The highest BCUT2D eigenvalue weighted by Crippen LogP contribution is 2.48. The summed E-state index contributed by atoms with van der Waals surface area (Å²) in [4.78, 5) is 9.25. The first-order valence-corrected chi connectivity index (χ1v) is 11.3. The van der Waals surface area contributed by atoms with E-state index in [4.69, 9.17) is 0 Å². The van der Waals surface area contributed by atoms with Crippen molar-refractivity contribution in [2.45, 2.75) is 35.3 Å². The highest BCUT2D eigenvalue weighted by Gasteiger charge is 2.53. The Labute approximate surface area is 189 Å². The van der Waals surface area contributed by atoms with E-state index in [-0.39, 0.29) is 22.2 Å². The first kappa shape index (κ1) is 21.2. The van der Waals surface area contributed by atoms with Gasteiger partial charge in [-0.05, 0) is 72.6 Å². The molecule has 1 aliphatic carbocycles. The summed E-state index contributed by atoms with van der Waals surface area (Å²) < 4.78 is 37.9. The largest absolute Gasteiger partial charge is 0.446 e. The SMILES string of the molecule is FC(F)(F)Sc1ccc(N2CN(Cc3ccncc3Nc3ccccc3)C3(CC3)C2)cc1. The van der Waals surface area contributed by atoms with E-state index in [2.05, 4.69) is 20.1 Å². The third-order valence-corrected chi connectivity index (χ3v) is 6.82. The summed E-state index contributed by atoms with van der Waals surface area (Å²) >= 11 is -0.0731. The van der Waals surface area contributed by atoms with Crippen molar-refractivity contribution in [1.82, 2.24) is 9.88 Å². The molecule has 2 aromatic carbocycles. The molecule has 0 radical (unpaired) electrons. The molecule has 5 rings (SSSR count). The van der Waals surface area contributed by atoms with Crippen molar-refractivity contribution < 1.29 is 13.2 Å². The van der Waals surface area contributed by atoms with Crippen LogP contribution in [0.3, 0.4) is 0 Å². The van der Waals surface area contributed by atoms with E-state index in [0.717, 1.165) is 49.7 Å². The maximum Gasteiger partial charge on any atom is 0.446 e. The molecular weight excluding hydrogens is 433 g/mol. The molecule has 1 spiro atoms. The van der Waals surface area contributed by atoms with Crippen LogP contribution < -0.4 is 10.2 Å². The molecule has 1 aromatic heterocycles. The van der Waals surface area contributed by atoms with Crippen LogP contribution in [-0.2, 0) is 6.54 Å². The van der Waals surface area contributed by atoms with Crippen LogP contribution in [0.15, 0.2) is 78.0 Å². The number of benzene rings is 2. The van der Waals surface area contributed by atoms with Gasteiger partial charge in [-0.1, -0.05) is 18.2 Å². The maximum atomic E-state index is 12.6. The lowest BCUT2D eigenvalue weighted by atomic mass is 10.1. The Morgan fingerprint density at radius 2 is 1.75 bits per heavy atom. The molecule has 1 aliphatic heterocycles. The van der Waals surface area contributed by atoms with Gasteiger partial charge in [0, 0.05) is 41.1 Å². The summed E-state index contributed by atoms with van der Waals surface area (Å²) in [5.74, 6) is 0. The Hall–Kier alpha value is -2.71. The highest BCUT2D eigenvalue weighted by molar-refractivity contribution is 8.00. The molecule has 166 valence electrons. The predicted molar refractivity (Wildman–Crippen MR) is 122 cm³/mol. The zero-order chi connectivity index (χ0) is 22.2. The Kier molecular flexibility index (Phi) is 5.51. The molecule has 3 aromatic rings. The van der Waals surface area contributed by atoms with E-state index in [1.807, 2.05) is 48.8 Å². The fraction of sp³-hybridized carbons (Fsp3) is 0.292. The summed E-state index contributed by atoms with van der Waals surface area (Å²) in [5.41, 5.74) is 0.0213. The van der Waals surface area contributed by atoms with Crippen LogP contribution in [0.5, 0.6) is 0 Å². The van der Waals surface area contributed by atoms with Crippen molar-refractivity contribution in [3.05, 3.63) is 78.6 Å². The minimum atomic E-state index is -4.26. The van der Waals surface area contributed by atoms with Crippen LogP contribution in [0.1, 0.15) is 18.4 Å². The Morgan fingerprint density at radius 1 is 1.00 bits per heavy atom. The van der Waals surface area contributed by atoms with E-state index in [9.17, 15) is 13.2 Å². The molecule has 0 amide bonds. The molecular formula is C24H23F3N4S. The molecule has 1 saturated carbocycles. The van der Waals surface area contributed by atoms with Crippen molar-refractivity contribution in [2.24, 2.45) is 0 Å². The topological polar surface area (TPSA) is 31.4 Å². The van der Waals surface area contributed by atoms with Gasteiger partial charge in [0.2, 0.25) is 0 Å². The van der Waals surface area contributed by atoms with Crippen molar-refractivity contribution in [1.29, 1.82) is 0 Å². The van der Waals surface area contributed by atoms with Gasteiger partial charge in [-0.3, -0.25) is 9.88 Å². The van der Waals surface area contributed by atoms with Gasteiger partial charge in [0.25, 0.3) is 0 Å². The normalized spacial score (nSPS) is 17.7. The Balaban J connectivity index is 1.30. The van der Waals surface area contributed by atoms with E-state index < -0.39 is 5.51 Å². The number of nitrogens with zero attached hydrogens (tertiary/aromatic N) is 3. The number of hydrogen-bond acceptors (Lipinski definition) is 5. The van der Waals surface area contributed by atoms with Crippen LogP contribution in [0, 0.1) is 0 Å². The first-order valence-electron chi connectivity index (χ1n) is 10.5. The monoisotopic (exact) mass is 456 g/mol. The van der Waals surface area contributed by atoms with Gasteiger partial charge in [-0.25, -0.2) is 0 Å². The number of pyridine rings is 1. The molecule has 8 heteroatoms. The van der Waals surface area contributed by atoms with E-state index in [1.54, 1.807) is 24.3 Å².